The quantitative estimate of drug-likeness (QED) is 0.162. The Kier molecular flexibility index (Phi) is 8.79. The molecular formula is C26H18BrCl2IN2O5. The Morgan fingerprint density at radius 2 is 1.73 bits per heavy atom. The maximum atomic E-state index is 13.2. The predicted molar refractivity (Wildman–Crippen MR) is 154 cm³/mol. The van der Waals surface area contributed by atoms with Crippen molar-refractivity contribution in [3.05, 3.63) is 89.4 Å². The van der Waals surface area contributed by atoms with E-state index in [4.69, 9.17) is 32.7 Å². The van der Waals surface area contributed by atoms with Crippen LogP contribution in [-0.4, -0.2) is 24.5 Å². The average Bonchev–Trinajstić information content (AvgIpc) is 2.84. The minimum absolute atomic E-state index is 0.164. The summed E-state index contributed by atoms with van der Waals surface area (Å²) in [7, 11) is 0. The first kappa shape index (κ1) is 27.4. The number of carbonyl (C=O) groups is 3. The highest BCUT2D eigenvalue weighted by molar-refractivity contribution is 14.1. The monoisotopic (exact) mass is 714 g/mol. The minimum Gasteiger partial charge on any atom is -0.490 e. The van der Waals surface area contributed by atoms with Gasteiger partial charge >= 0.3 is 6.03 Å². The van der Waals surface area contributed by atoms with Crippen LogP contribution in [0.3, 0.4) is 0 Å². The second-order valence-electron chi connectivity index (χ2n) is 7.73. The van der Waals surface area contributed by atoms with E-state index >= 15 is 0 Å². The lowest BCUT2D eigenvalue weighted by atomic mass is 10.1. The van der Waals surface area contributed by atoms with E-state index in [0.717, 1.165) is 14.9 Å². The molecule has 0 saturated carbocycles. The van der Waals surface area contributed by atoms with Gasteiger partial charge in [-0.05, 0) is 89.2 Å². The minimum atomic E-state index is -0.883. The number of carbonyl (C=O) groups excluding carboxylic acids is 3. The van der Waals surface area contributed by atoms with E-state index in [1.165, 1.54) is 24.3 Å². The lowest BCUT2D eigenvalue weighted by Gasteiger charge is -2.26. The second-order valence-corrected chi connectivity index (χ2v) is 10.6. The fraction of sp³-hybridized carbons (Fsp3) is 0.115. The summed E-state index contributed by atoms with van der Waals surface area (Å²) in [5.41, 5.74) is 1.44. The molecule has 4 amide bonds. The number of imide groups is 2. The number of halogens is 4. The molecule has 0 bridgehead atoms. The molecule has 4 rings (SSSR count). The van der Waals surface area contributed by atoms with Crippen molar-refractivity contribution < 1.29 is 23.9 Å². The van der Waals surface area contributed by atoms with Crippen LogP contribution in [-0.2, 0) is 16.2 Å². The smallest absolute Gasteiger partial charge is 0.335 e. The van der Waals surface area contributed by atoms with E-state index in [0.29, 0.717) is 33.8 Å². The number of nitrogens with one attached hydrogen (secondary N) is 1. The number of anilines is 1. The zero-order valence-electron chi connectivity index (χ0n) is 19.2. The van der Waals surface area contributed by atoms with Gasteiger partial charge < -0.3 is 9.47 Å². The summed E-state index contributed by atoms with van der Waals surface area (Å²) in [6.45, 7) is 2.55. The van der Waals surface area contributed by atoms with E-state index in [1.807, 2.05) is 31.2 Å². The fourth-order valence-electron chi connectivity index (χ4n) is 3.49. The number of rotatable bonds is 7. The number of barbiturate groups is 1. The van der Waals surface area contributed by atoms with Crippen molar-refractivity contribution in [2.24, 2.45) is 0 Å². The summed E-state index contributed by atoms with van der Waals surface area (Å²) in [6, 6.07) is 14.6. The SMILES string of the molecule is CCOc1cc(/C=C2\C(=O)NC(=O)N(c3ccc(Cl)c(Cl)c3)C2=O)cc(I)c1OCc1ccc(Br)cc1. The normalized spacial score (nSPS) is 14.7. The number of hydrogen-bond donors (Lipinski definition) is 1. The third-order valence-corrected chi connectivity index (χ3v) is 7.27. The largest absolute Gasteiger partial charge is 0.490 e. The van der Waals surface area contributed by atoms with Gasteiger partial charge in [-0.15, -0.1) is 0 Å². The molecule has 1 N–H and O–H groups in total. The van der Waals surface area contributed by atoms with Crippen LogP contribution in [0, 0.1) is 3.57 Å². The number of ether oxygens (including phenoxy) is 2. The first-order valence-electron chi connectivity index (χ1n) is 10.9. The molecule has 0 radical (unpaired) electrons. The molecule has 1 aliphatic rings. The predicted octanol–water partition coefficient (Wildman–Crippen LogP) is 7.00. The summed E-state index contributed by atoms with van der Waals surface area (Å²) in [5.74, 6) is -0.607. The van der Waals surface area contributed by atoms with Crippen LogP contribution in [0.5, 0.6) is 11.5 Å². The average molecular weight is 716 g/mol. The van der Waals surface area contributed by atoms with Crippen LogP contribution in [0.4, 0.5) is 10.5 Å². The van der Waals surface area contributed by atoms with Crippen LogP contribution in [0.15, 0.2) is 64.6 Å². The van der Waals surface area contributed by atoms with Gasteiger partial charge in [-0.1, -0.05) is 51.3 Å². The van der Waals surface area contributed by atoms with E-state index in [9.17, 15) is 14.4 Å². The summed E-state index contributed by atoms with van der Waals surface area (Å²) in [5, 5.41) is 2.62. The first-order valence-corrected chi connectivity index (χ1v) is 13.5. The van der Waals surface area contributed by atoms with Crippen LogP contribution >= 0.6 is 61.7 Å². The Hall–Kier alpha value is -2.60. The molecule has 11 heteroatoms. The van der Waals surface area contributed by atoms with Gasteiger partial charge in [0.1, 0.15) is 12.2 Å². The van der Waals surface area contributed by atoms with Crippen molar-refractivity contribution in [2.45, 2.75) is 13.5 Å². The first-order chi connectivity index (χ1) is 17.7. The molecule has 190 valence electrons. The number of nitrogens with zero attached hydrogens (tertiary/aromatic N) is 1. The number of hydrogen-bond acceptors (Lipinski definition) is 5. The van der Waals surface area contributed by atoms with Gasteiger partial charge in [0.2, 0.25) is 0 Å². The Morgan fingerprint density at radius 1 is 1.00 bits per heavy atom. The maximum Gasteiger partial charge on any atom is 0.335 e. The summed E-state index contributed by atoms with van der Waals surface area (Å²) in [4.78, 5) is 39.2. The maximum absolute atomic E-state index is 13.2. The van der Waals surface area contributed by atoms with E-state index in [2.05, 4.69) is 43.8 Å². The van der Waals surface area contributed by atoms with Crippen LogP contribution in [0.1, 0.15) is 18.1 Å². The second kappa shape index (κ2) is 11.8. The van der Waals surface area contributed by atoms with E-state index in [-0.39, 0.29) is 21.3 Å². The lowest BCUT2D eigenvalue weighted by Crippen LogP contribution is -2.54. The van der Waals surface area contributed by atoms with Gasteiger partial charge in [0, 0.05) is 4.47 Å². The summed E-state index contributed by atoms with van der Waals surface area (Å²) < 4.78 is 13.5. The number of amides is 4. The van der Waals surface area contributed by atoms with Gasteiger partial charge in [0.15, 0.2) is 11.5 Å². The molecule has 0 atom stereocenters. The lowest BCUT2D eigenvalue weighted by molar-refractivity contribution is -0.122. The molecular weight excluding hydrogens is 698 g/mol. The van der Waals surface area contributed by atoms with Crippen molar-refractivity contribution in [2.75, 3.05) is 11.5 Å². The molecule has 0 aromatic heterocycles. The van der Waals surface area contributed by atoms with Crippen molar-refractivity contribution in [3.8, 4) is 11.5 Å². The van der Waals surface area contributed by atoms with Crippen LogP contribution < -0.4 is 19.7 Å². The summed E-state index contributed by atoms with van der Waals surface area (Å²) >= 11 is 17.5. The Balaban J connectivity index is 1.66. The third kappa shape index (κ3) is 6.28. The molecule has 1 aliphatic heterocycles. The van der Waals surface area contributed by atoms with Gasteiger partial charge in [-0.25, -0.2) is 9.69 Å². The van der Waals surface area contributed by atoms with Crippen molar-refractivity contribution >= 4 is 91.3 Å². The zero-order valence-corrected chi connectivity index (χ0v) is 24.4. The molecule has 1 heterocycles. The van der Waals surface area contributed by atoms with Crippen molar-refractivity contribution in [3.63, 3.8) is 0 Å². The molecule has 7 nitrogen and oxygen atoms in total. The highest BCUT2D eigenvalue weighted by Gasteiger charge is 2.37. The Bertz CT molecular complexity index is 1430. The number of urea groups is 1. The highest BCUT2D eigenvalue weighted by Crippen LogP contribution is 2.36. The zero-order chi connectivity index (χ0) is 26.7. The van der Waals surface area contributed by atoms with Crippen LogP contribution in [0.25, 0.3) is 6.08 Å². The van der Waals surface area contributed by atoms with Gasteiger partial charge in [0.25, 0.3) is 11.8 Å². The van der Waals surface area contributed by atoms with Gasteiger partial charge in [-0.3, -0.25) is 14.9 Å². The molecule has 0 spiro atoms. The molecule has 0 unspecified atom stereocenters. The number of benzene rings is 3. The topological polar surface area (TPSA) is 84.9 Å². The van der Waals surface area contributed by atoms with E-state index < -0.39 is 17.8 Å². The standard InChI is InChI=1S/C26H18BrCl2IN2O5/c1-2-36-22-11-15(10-21(30)23(22)37-13-14-3-5-16(27)6-4-14)9-18-24(33)31-26(35)32(25(18)34)17-7-8-19(28)20(29)12-17/h3-12H,2,13H2,1H3,(H,31,33,35)/b18-9+. The van der Waals surface area contributed by atoms with Crippen molar-refractivity contribution in [1.82, 2.24) is 5.32 Å². The molecule has 3 aromatic rings. The Labute approximate surface area is 245 Å². The third-order valence-electron chi connectivity index (χ3n) is 5.20. The van der Waals surface area contributed by atoms with E-state index in [1.54, 1.807) is 12.1 Å². The van der Waals surface area contributed by atoms with Crippen molar-refractivity contribution in [1.29, 1.82) is 0 Å². The van der Waals surface area contributed by atoms with Crippen LogP contribution in [0.2, 0.25) is 10.0 Å². The summed E-state index contributed by atoms with van der Waals surface area (Å²) in [6.07, 6.45) is 1.40. The Morgan fingerprint density at radius 3 is 2.41 bits per heavy atom. The molecule has 1 saturated heterocycles. The molecule has 0 aliphatic carbocycles. The van der Waals surface area contributed by atoms with Gasteiger partial charge in [-0.2, -0.15) is 0 Å². The fourth-order valence-corrected chi connectivity index (χ4v) is 4.83. The highest BCUT2D eigenvalue weighted by atomic mass is 127. The van der Waals surface area contributed by atoms with Gasteiger partial charge in [0.05, 0.1) is 25.9 Å². The molecule has 3 aromatic carbocycles. The molecule has 37 heavy (non-hydrogen) atoms. The molecule has 1 fully saturated rings.